The first-order valence-electron chi connectivity index (χ1n) is 11.5. The van der Waals surface area contributed by atoms with E-state index >= 15 is 0 Å². The summed E-state index contributed by atoms with van der Waals surface area (Å²) >= 11 is 3.07. The fraction of sp³-hybridized carbons (Fsp3) is 0.333. The zero-order valence-corrected chi connectivity index (χ0v) is 24.4. The minimum atomic E-state index is -4.34. The smallest absolute Gasteiger partial charge is 0.280 e. The van der Waals surface area contributed by atoms with Crippen molar-refractivity contribution < 1.29 is 27.9 Å². The van der Waals surface area contributed by atoms with E-state index in [1.165, 1.54) is 30.5 Å². The molecule has 14 heteroatoms. The van der Waals surface area contributed by atoms with E-state index < -0.39 is 33.6 Å². The maximum absolute atomic E-state index is 14.8. The van der Waals surface area contributed by atoms with E-state index in [1.54, 1.807) is 48.6 Å². The Bertz CT molecular complexity index is 1520. The Kier molecular flexibility index (Phi) is 6.96. The van der Waals surface area contributed by atoms with Crippen LogP contribution < -0.4 is 9.04 Å². The van der Waals surface area contributed by atoms with Gasteiger partial charge in [0, 0.05) is 42.2 Å². The van der Waals surface area contributed by atoms with E-state index in [-0.39, 0.29) is 40.3 Å². The summed E-state index contributed by atoms with van der Waals surface area (Å²) in [4.78, 5) is 39.9. The molecule has 0 saturated carbocycles. The van der Waals surface area contributed by atoms with Gasteiger partial charge >= 0.3 is 0 Å². The van der Waals surface area contributed by atoms with Crippen molar-refractivity contribution >= 4 is 61.5 Å². The van der Waals surface area contributed by atoms with Crippen molar-refractivity contribution in [1.29, 1.82) is 0 Å². The first kappa shape index (κ1) is 26.9. The van der Waals surface area contributed by atoms with Gasteiger partial charge in [-0.1, -0.05) is 6.07 Å². The number of amides is 2. The lowest BCUT2D eigenvalue weighted by molar-refractivity contribution is -0.138. The molecule has 4 heterocycles. The molecule has 3 aromatic rings. The monoisotopic (exact) mass is 669 g/mol. The van der Waals surface area contributed by atoms with Gasteiger partial charge in [-0.3, -0.25) is 19.5 Å². The highest BCUT2D eigenvalue weighted by Crippen LogP contribution is 2.53. The van der Waals surface area contributed by atoms with E-state index in [0.717, 1.165) is 19.2 Å². The maximum atomic E-state index is 14.8. The van der Waals surface area contributed by atoms with Crippen LogP contribution in [-0.4, -0.2) is 85.0 Å². The summed E-state index contributed by atoms with van der Waals surface area (Å²) in [6.45, 7) is -0.0898. The molecule has 11 nitrogen and oxygen atoms in total. The number of carbonyl (C=O) groups excluding carboxylic acids is 2. The second-order valence-corrected chi connectivity index (χ2v) is 13.3. The number of benzene rings is 1. The third kappa shape index (κ3) is 3.92. The van der Waals surface area contributed by atoms with Crippen molar-refractivity contribution in [2.75, 3.05) is 32.1 Å². The van der Waals surface area contributed by atoms with Crippen LogP contribution >= 0.6 is 33.9 Å². The van der Waals surface area contributed by atoms with Crippen LogP contribution in [-0.2, 0) is 25.2 Å². The Morgan fingerprint density at radius 1 is 1.26 bits per heavy atom. The quantitative estimate of drug-likeness (QED) is 0.389. The van der Waals surface area contributed by atoms with Crippen LogP contribution in [0, 0.1) is 3.57 Å². The second-order valence-electron chi connectivity index (χ2n) is 9.08. The number of carbonyl (C=O) groups is 2. The van der Waals surface area contributed by atoms with Crippen LogP contribution in [0.3, 0.4) is 0 Å². The normalized spacial score (nSPS) is 23.5. The first-order valence-corrected chi connectivity index (χ1v) is 14.9. The molecule has 3 atom stereocenters. The summed E-state index contributed by atoms with van der Waals surface area (Å²) in [6.07, 6.45) is 1.87. The number of nitrogens with zero attached hydrogens (tertiary/aromatic N) is 5. The van der Waals surface area contributed by atoms with E-state index in [1.807, 2.05) is 0 Å². The van der Waals surface area contributed by atoms with Crippen LogP contribution in [0.1, 0.15) is 17.7 Å². The second kappa shape index (κ2) is 9.82. The topological polar surface area (TPSA) is 133 Å². The molecule has 0 aliphatic carbocycles. The van der Waals surface area contributed by atoms with Gasteiger partial charge in [-0.2, -0.15) is 12.7 Å². The minimum absolute atomic E-state index is 0.00141. The van der Waals surface area contributed by atoms with Crippen molar-refractivity contribution in [3.63, 3.8) is 0 Å². The fourth-order valence-corrected chi connectivity index (χ4v) is 8.18. The molecule has 0 spiro atoms. The number of aliphatic hydroxyl groups is 1. The molecule has 1 aromatic carbocycles. The molecule has 1 saturated heterocycles. The molecule has 200 valence electrons. The number of likely N-dealkylation sites (N-methyl/N-ethyl adjacent to an activating group) is 1. The highest BCUT2D eigenvalue weighted by Gasteiger charge is 2.65. The summed E-state index contributed by atoms with van der Waals surface area (Å²) in [5, 5.41) is 12.4. The van der Waals surface area contributed by atoms with Gasteiger partial charge < -0.3 is 14.7 Å². The molecule has 0 radical (unpaired) electrons. The fourth-order valence-electron chi connectivity index (χ4n) is 5.17. The number of rotatable bonds is 6. The Hall–Kier alpha value is -2.66. The molecular weight excluding hydrogens is 645 g/mol. The van der Waals surface area contributed by atoms with Crippen molar-refractivity contribution in [1.82, 2.24) is 19.8 Å². The van der Waals surface area contributed by atoms with E-state index in [4.69, 9.17) is 4.74 Å². The number of fused-ring (bicyclic) bond motifs is 1. The van der Waals surface area contributed by atoms with Crippen LogP contribution in [0.25, 0.3) is 0 Å². The van der Waals surface area contributed by atoms with Gasteiger partial charge in [-0.15, -0.1) is 11.3 Å². The molecule has 2 aliphatic heterocycles. The van der Waals surface area contributed by atoms with E-state index in [9.17, 15) is 23.1 Å². The number of aliphatic hydroxyl groups excluding tert-OH is 1. The molecule has 0 bridgehead atoms. The number of β-amino-alcohol motifs (C(OH)–C–C–N with tert-alkyl or cyclic N) is 1. The summed E-state index contributed by atoms with van der Waals surface area (Å²) < 4.78 is 34.9. The van der Waals surface area contributed by atoms with Crippen LogP contribution in [0.5, 0.6) is 5.88 Å². The summed E-state index contributed by atoms with van der Waals surface area (Å²) in [7, 11) is 0.203. The van der Waals surface area contributed by atoms with Crippen molar-refractivity contribution in [2.45, 2.75) is 28.3 Å². The lowest BCUT2D eigenvalue weighted by atomic mass is 9.84. The number of anilines is 1. The SMILES string of the molecule is COc1nccnc1C1(N2C[C@H](O)C[C@H]2C(=O)N(C)C)C(=O)N(S(=O)(=O)c2cccs2)c2ccc(I)cc21. The standard InChI is InChI=1S/C24H24IN5O6S2/c1-28(2)22(32)18-12-15(31)13-29(18)24(20-21(36-3)27-9-8-26-20)16-11-14(25)6-7-17(16)30(23(24)33)38(34,35)19-5-4-10-37-19/h4-11,15,18,31H,12-13H2,1-3H3/t15-,18+,24?/m1/s1. The summed E-state index contributed by atoms with van der Waals surface area (Å²) in [5.74, 6) is -1.20. The third-order valence-electron chi connectivity index (χ3n) is 6.69. The van der Waals surface area contributed by atoms with Crippen LogP contribution in [0.2, 0.25) is 0 Å². The highest BCUT2D eigenvalue weighted by molar-refractivity contribution is 14.1. The molecule has 2 aromatic heterocycles. The predicted octanol–water partition coefficient (Wildman–Crippen LogP) is 1.65. The Morgan fingerprint density at radius 2 is 2.00 bits per heavy atom. The number of halogens is 1. The molecule has 5 rings (SSSR count). The van der Waals surface area contributed by atoms with Gasteiger partial charge in [0.1, 0.15) is 9.90 Å². The van der Waals surface area contributed by atoms with Crippen molar-refractivity contribution in [2.24, 2.45) is 0 Å². The molecule has 1 N–H and O–H groups in total. The van der Waals surface area contributed by atoms with Gasteiger partial charge in [-0.05, 0) is 58.7 Å². The molecule has 2 aliphatic rings. The lowest BCUT2D eigenvalue weighted by Crippen LogP contribution is -2.59. The van der Waals surface area contributed by atoms with Crippen molar-refractivity contribution in [3.05, 3.63) is 62.9 Å². The molecule has 1 fully saturated rings. The maximum Gasteiger partial charge on any atom is 0.280 e. The predicted molar refractivity (Wildman–Crippen MR) is 147 cm³/mol. The number of hydrogen-bond acceptors (Lipinski definition) is 10. The zero-order valence-electron chi connectivity index (χ0n) is 20.6. The number of thiophene rings is 1. The van der Waals surface area contributed by atoms with Crippen molar-refractivity contribution in [3.8, 4) is 5.88 Å². The van der Waals surface area contributed by atoms with E-state index in [0.29, 0.717) is 5.56 Å². The van der Waals surface area contributed by atoms with Crippen LogP contribution in [0.15, 0.2) is 52.3 Å². The number of aromatic nitrogens is 2. The molecule has 1 unspecified atom stereocenters. The first-order chi connectivity index (χ1) is 18.0. The van der Waals surface area contributed by atoms with Crippen LogP contribution in [0.4, 0.5) is 5.69 Å². The van der Waals surface area contributed by atoms with Gasteiger partial charge in [0.25, 0.3) is 15.9 Å². The van der Waals surface area contributed by atoms with E-state index in [2.05, 4.69) is 32.6 Å². The largest absolute Gasteiger partial charge is 0.480 e. The zero-order chi connectivity index (χ0) is 27.4. The average molecular weight is 670 g/mol. The Labute approximate surface area is 237 Å². The van der Waals surface area contributed by atoms with Gasteiger partial charge in [0.05, 0.1) is 24.9 Å². The molecule has 2 amide bonds. The number of methoxy groups -OCH3 is 1. The molecule has 38 heavy (non-hydrogen) atoms. The number of sulfonamides is 1. The lowest BCUT2D eigenvalue weighted by Gasteiger charge is -2.40. The van der Waals surface area contributed by atoms with Gasteiger partial charge in [0.2, 0.25) is 11.8 Å². The van der Waals surface area contributed by atoms with Gasteiger partial charge in [0.15, 0.2) is 5.54 Å². The molecular formula is C24H24IN5O6S2. The summed E-state index contributed by atoms with van der Waals surface area (Å²) in [5.41, 5.74) is -1.47. The minimum Gasteiger partial charge on any atom is -0.480 e. The number of ether oxygens (including phenoxy) is 1. The Balaban J connectivity index is 1.88. The summed E-state index contributed by atoms with van der Waals surface area (Å²) in [6, 6.07) is 7.04. The number of hydrogen-bond donors (Lipinski definition) is 1. The van der Waals surface area contributed by atoms with Gasteiger partial charge in [-0.25, -0.2) is 4.98 Å². The third-order valence-corrected chi connectivity index (χ3v) is 10.4. The Morgan fingerprint density at radius 3 is 2.66 bits per heavy atom. The average Bonchev–Trinajstić information content (AvgIpc) is 3.61. The number of likely N-dealkylation sites (tertiary alicyclic amines) is 1. The highest BCUT2D eigenvalue weighted by atomic mass is 127.